The second kappa shape index (κ2) is 4.12. The molecule has 0 spiro atoms. The van der Waals surface area contributed by atoms with E-state index in [1.807, 2.05) is 0 Å². The van der Waals surface area contributed by atoms with Crippen molar-refractivity contribution >= 4 is 15.9 Å². The number of halogens is 2. The van der Waals surface area contributed by atoms with Crippen molar-refractivity contribution in [2.75, 3.05) is 0 Å². The van der Waals surface area contributed by atoms with Crippen molar-refractivity contribution in [2.24, 2.45) is 0 Å². The summed E-state index contributed by atoms with van der Waals surface area (Å²) >= 11 is 3.15. The number of H-pyrrole nitrogens is 1. The van der Waals surface area contributed by atoms with Gasteiger partial charge in [-0.25, -0.2) is 9.37 Å². The molecular formula is C10H8BrFN2O. The molecular weight excluding hydrogens is 263 g/mol. The van der Waals surface area contributed by atoms with Gasteiger partial charge in [-0.2, -0.15) is 0 Å². The van der Waals surface area contributed by atoms with E-state index in [0.717, 1.165) is 0 Å². The molecule has 3 nitrogen and oxygen atoms in total. The summed E-state index contributed by atoms with van der Waals surface area (Å²) in [5, 5.41) is 8.86. The fraction of sp³-hybridized carbons (Fsp3) is 0.100. The minimum Gasteiger partial charge on any atom is -0.390 e. The molecule has 0 saturated heterocycles. The fourth-order valence-electron chi connectivity index (χ4n) is 1.26. The number of benzene rings is 1. The van der Waals surface area contributed by atoms with Crippen LogP contribution in [0.4, 0.5) is 4.39 Å². The summed E-state index contributed by atoms with van der Waals surface area (Å²) in [7, 11) is 0. The maximum Gasteiger partial charge on any atom is 0.138 e. The van der Waals surface area contributed by atoms with E-state index >= 15 is 0 Å². The van der Waals surface area contributed by atoms with Crippen LogP contribution in [0.1, 0.15) is 5.69 Å². The standard InChI is InChI=1S/C10H8BrFN2O/c11-9-7(2-1-3-8(9)12)10-13-4-6(5-15)14-10/h1-4,15H,5H2,(H,13,14). The summed E-state index contributed by atoms with van der Waals surface area (Å²) in [5.41, 5.74) is 1.23. The molecule has 0 radical (unpaired) electrons. The molecule has 78 valence electrons. The minimum absolute atomic E-state index is 0.111. The average Bonchev–Trinajstić information content (AvgIpc) is 2.70. The van der Waals surface area contributed by atoms with Crippen LogP contribution >= 0.6 is 15.9 Å². The second-order valence-electron chi connectivity index (χ2n) is 3.02. The number of imidazole rings is 1. The van der Waals surface area contributed by atoms with Gasteiger partial charge >= 0.3 is 0 Å². The van der Waals surface area contributed by atoms with E-state index in [2.05, 4.69) is 25.9 Å². The first kappa shape index (κ1) is 10.3. The highest BCUT2D eigenvalue weighted by molar-refractivity contribution is 9.10. The first-order chi connectivity index (χ1) is 7.22. The molecule has 2 N–H and O–H groups in total. The van der Waals surface area contributed by atoms with Crippen molar-refractivity contribution in [3.05, 3.63) is 40.4 Å². The van der Waals surface area contributed by atoms with Gasteiger partial charge in [-0.05, 0) is 28.1 Å². The van der Waals surface area contributed by atoms with Crippen molar-refractivity contribution < 1.29 is 9.50 Å². The third-order valence-corrected chi connectivity index (χ3v) is 2.81. The zero-order valence-corrected chi connectivity index (χ0v) is 9.25. The van der Waals surface area contributed by atoms with Crippen LogP contribution in [0.25, 0.3) is 11.4 Å². The lowest BCUT2D eigenvalue weighted by atomic mass is 10.2. The second-order valence-corrected chi connectivity index (χ2v) is 3.81. The maximum atomic E-state index is 13.2. The monoisotopic (exact) mass is 270 g/mol. The molecule has 1 heterocycles. The molecule has 2 aromatic rings. The van der Waals surface area contributed by atoms with Gasteiger partial charge in [-0.15, -0.1) is 0 Å². The molecule has 0 fully saturated rings. The molecule has 0 aliphatic carbocycles. The van der Waals surface area contributed by atoms with Crippen LogP contribution in [-0.4, -0.2) is 15.1 Å². The van der Waals surface area contributed by atoms with E-state index in [4.69, 9.17) is 5.11 Å². The van der Waals surface area contributed by atoms with E-state index in [-0.39, 0.29) is 12.4 Å². The number of aromatic nitrogens is 2. The molecule has 15 heavy (non-hydrogen) atoms. The van der Waals surface area contributed by atoms with Crippen LogP contribution in [0, 0.1) is 5.82 Å². The summed E-state index contributed by atoms with van der Waals surface area (Å²) in [6.07, 6.45) is 1.52. The number of aromatic amines is 1. The van der Waals surface area contributed by atoms with Crippen molar-refractivity contribution in [1.29, 1.82) is 0 Å². The molecule has 5 heteroatoms. The van der Waals surface area contributed by atoms with Crippen LogP contribution in [-0.2, 0) is 6.61 Å². The molecule has 1 aromatic carbocycles. The lowest BCUT2D eigenvalue weighted by molar-refractivity contribution is 0.277. The third-order valence-electron chi connectivity index (χ3n) is 2.01. The average molecular weight is 271 g/mol. The van der Waals surface area contributed by atoms with Gasteiger partial charge in [0.1, 0.15) is 11.6 Å². The van der Waals surface area contributed by atoms with Crippen LogP contribution in [0.5, 0.6) is 0 Å². The van der Waals surface area contributed by atoms with Crippen LogP contribution in [0.15, 0.2) is 28.9 Å². The van der Waals surface area contributed by atoms with Gasteiger partial charge < -0.3 is 10.1 Å². The number of nitrogens with one attached hydrogen (secondary N) is 1. The van der Waals surface area contributed by atoms with Crippen molar-refractivity contribution in [2.45, 2.75) is 6.61 Å². The predicted molar refractivity (Wildman–Crippen MR) is 57.6 cm³/mol. The quantitative estimate of drug-likeness (QED) is 0.881. The molecule has 0 aliphatic heterocycles. The van der Waals surface area contributed by atoms with Crippen LogP contribution in [0.3, 0.4) is 0 Å². The summed E-state index contributed by atoms with van der Waals surface area (Å²) < 4.78 is 13.6. The molecule has 0 saturated carbocycles. The van der Waals surface area contributed by atoms with Gasteiger partial charge in [0.2, 0.25) is 0 Å². The Balaban J connectivity index is 2.49. The number of aliphatic hydroxyl groups excluding tert-OH is 1. The molecule has 0 unspecified atom stereocenters. The summed E-state index contributed by atoms with van der Waals surface area (Å²) in [6.45, 7) is -0.111. The smallest absolute Gasteiger partial charge is 0.138 e. The molecule has 0 bridgehead atoms. The SMILES string of the molecule is OCc1cnc(-c2cccc(F)c2Br)[nH]1. The largest absolute Gasteiger partial charge is 0.390 e. The Morgan fingerprint density at radius 3 is 2.93 bits per heavy atom. The van der Waals surface area contributed by atoms with Crippen molar-refractivity contribution in [3.63, 3.8) is 0 Å². The number of rotatable bonds is 2. The fourth-order valence-corrected chi connectivity index (χ4v) is 1.72. The first-order valence-corrected chi connectivity index (χ1v) is 5.11. The Labute approximate surface area is 94.1 Å². The zero-order valence-electron chi connectivity index (χ0n) is 7.67. The van der Waals surface area contributed by atoms with E-state index in [9.17, 15) is 4.39 Å². The predicted octanol–water partition coefficient (Wildman–Crippen LogP) is 2.47. The molecule has 2 rings (SSSR count). The van der Waals surface area contributed by atoms with E-state index in [1.165, 1.54) is 12.3 Å². The van der Waals surface area contributed by atoms with E-state index < -0.39 is 0 Å². The third kappa shape index (κ3) is 1.93. The Kier molecular flexibility index (Phi) is 2.83. The highest BCUT2D eigenvalue weighted by atomic mass is 79.9. The normalized spacial score (nSPS) is 10.6. The van der Waals surface area contributed by atoms with Crippen molar-refractivity contribution in [3.8, 4) is 11.4 Å². The molecule has 0 atom stereocenters. The molecule has 1 aromatic heterocycles. The summed E-state index contributed by atoms with van der Waals surface area (Å²) in [5.74, 6) is 0.194. The first-order valence-electron chi connectivity index (χ1n) is 4.31. The van der Waals surface area contributed by atoms with E-state index in [0.29, 0.717) is 21.6 Å². The Hall–Kier alpha value is -1.20. The molecule has 0 amide bonds. The van der Waals surface area contributed by atoms with Crippen molar-refractivity contribution in [1.82, 2.24) is 9.97 Å². The maximum absolute atomic E-state index is 13.2. The number of hydrogen-bond acceptors (Lipinski definition) is 2. The molecule has 0 aliphatic rings. The summed E-state index contributed by atoms with van der Waals surface area (Å²) in [6, 6.07) is 4.72. The lowest BCUT2D eigenvalue weighted by Gasteiger charge is -2.01. The van der Waals surface area contributed by atoms with Gasteiger partial charge in [0, 0.05) is 5.56 Å². The Morgan fingerprint density at radius 2 is 2.27 bits per heavy atom. The lowest BCUT2D eigenvalue weighted by Crippen LogP contribution is -1.87. The van der Waals surface area contributed by atoms with Gasteiger partial charge in [0.15, 0.2) is 0 Å². The van der Waals surface area contributed by atoms with Gasteiger partial charge in [0.25, 0.3) is 0 Å². The number of nitrogens with zero attached hydrogens (tertiary/aromatic N) is 1. The van der Waals surface area contributed by atoms with Gasteiger partial charge in [-0.3, -0.25) is 0 Å². The highest BCUT2D eigenvalue weighted by Gasteiger charge is 2.10. The minimum atomic E-state index is -0.338. The summed E-state index contributed by atoms with van der Waals surface area (Å²) in [4.78, 5) is 6.94. The van der Waals surface area contributed by atoms with Crippen LogP contribution in [0.2, 0.25) is 0 Å². The Bertz CT molecular complexity index is 484. The number of hydrogen-bond donors (Lipinski definition) is 2. The van der Waals surface area contributed by atoms with Gasteiger partial charge in [-0.1, -0.05) is 6.07 Å². The van der Waals surface area contributed by atoms with Gasteiger partial charge in [0.05, 0.1) is 23.0 Å². The zero-order chi connectivity index (χ0) is 10.8. The van der Waals surface area contributed by atoms with E-state index in [1.54, 1.807) is 12.1 Å². The topological polar surface area (TPSA) is 48.9 Å². The van der Waals surface area contributed by atoms with Crippen LogP contribution < -0.4 is 0 Å². The number of aliphatic hydroxyl groups is 1. The highest BCUT2D eigenvalue weighted by Crippen LogP contribution is 2.28. The Morgan fingerprint density at radius 1 is 1.47 bits per heavy atom.